The smallest absolute Gasteiger partial charge is 0.274 e. The minimum absolute atomic E-state index is 0.146. The third-order valence-electron chi connectivity index (χ3n) is 5.20. The molecule has 6 heteroatoms. The van der Waals surface area contributed by atoms with Crippen molar-refractivity contribution in [2.75, 3.05) is 19.6 Å². The number of aliphatic imine (C=N–C) groups is 1. The van der Waals surface area contributed by atoms with E-state index < -0.39 is 0 Å². The Bertz CT molecular complexity index is 603. The van der Waals surface area contributed by atoms with Gasteiger partial charge in [-0.3, -0.25) is 10.1 Å². The predicted octanol–water partition coefficient (Wildman–Crippen LogP) is 3.18. The first-order valence-corrected chi connectivity index (χ1v) is 8.94. The number of fused-ring (bicyclic) bond motifs is 1. The van der Waals surface area contributed by atoms with Crippen LogP contribution in [0, 0.1) is 22.0 Å². The van der Waals surface area contributed by atoms with Crippen molar-refractivity contribution in [2.45, 2.75) is 39.2 Å². The van der Waals surface area contributed by atoms with Gasteiger partial charge in [-0.1, -0.05) is 31.0 Å². The molecule has 2 unspecified atom stereocenters. The Labute approximate surface area is 143 Å². The largest absolute Gasteiger partial charge is 0.357 e. The van der Waals surface area contributed by atoms with Gasteiger partial charge in [0.2, 0.25) is 0 Å². The zero-order chi connectivity index (χ0) is 16.9. The fourth-order valence-electron chi connectivity index (χ4n) is 3.99. The Morgan fingerprint density at radius 2 is 1.96 bits per heavy atom. The molecule has 2 aliphatic rings. The Kier molecular flexibility index (Phi) is 5.33. The van der Waals surface area contributed by atoms with Crippen LogP contribution in [-0.4, -0.2) is 35.4 Å². The summed E-state index contributed by atoms with van der Waals surface area (Å²) in [5.74, 6) is 2.47. The van der Waals surface area contributed by atoms with Gasteiger partial charge in [-0.25, -0.2) is 4.99 Å². The average Bonchev–Trinajstić information content (AvgIpc) is 3.02. The molecule has 1 heterocycles. The molecule has 1 aliphatic carbocycles. The highest BCUT2D eigenvalue weighted by atomic mass is 16.6. The highest BCUT2D eigenvalue weighted by Gasteiger charge is 2.35. The second-order valence-electron chi connectivity index (χ2n) is 6.77. The van der Waals surface area contributed by atoms with Crippen molar-refractivity contribution in [3.63, 3.8) is 0 Å². The van der Waals surface area contributed by atoms with Crippen LogP contribution in [-0.2, 0) is 6.54 Å². The molecule has 1 aromatic carbocycles. The number of hydrogen-bond donors (Lipinski definition) is 1. The molecule has 3 rings (SSSR count). The Balaban J connectivity index is 1.74. The summed E-state index contributed by atoms with van der Waals surface area (Å²) in [6.45, 7) is 5.33. The van der Waals surface area contributed by atoms with Crippen molar-refractivity contribution >= 4 is 11.6 Å². The molecule has 24 heavy (non-hydrogen) atoms. The van der Waals surface area contributed by atoms with Gasteiger partial charge in [0.05, 0.1) is 17.0 Å². The summed E-state index contributed by atoms with van der Waals surface area (Å²) < 4.78 is 0. The summed E-state index contributed by atoms with van der Waals surface area (Å²) in [5.41, 5.74) is 0.807. The van der Waals surface area contributed by atoms with E-state index in [4.69, 9.17) is 4.99 Å². The first-order chi connectivity index (χ1) is 11.7. The number of nitro groups is 1. The summed E-state index contributed by atoms with van der Waals surface area (Å²) in [5, 5.41) is 14.5. The number of benzene rings is 1. The summed E-state index contributed by atoms with van der Waals surface area (Å²) in [4.78, 5) is 17.9. The molecular formula is C18H26N4O2. The van der Waals surface area contributed by atoms with Gasteiger partial charge in [0.15, 0.2) is 5.96 Å². The zero-order valence-corrected chi connectivity index (χ0v) is 14.3. The molecule has 1 N–H and O–H groups in total. The van der Waals surface area contributed by atoms with Crippen LogP contribution >= 0.6 is 0 Å². The van der Waals surface area contributed by atoms with E-state index in [2.05, 4.69) is 17.1 Å². The normalized spacial score (nSPS) is 23.9. The second kappa shape index (κ2) is 7.64. The van der Waals surface area contributed by atoms with Crippen LogP contribution in [0.1, 0.15) is 38.2 Å². The van der Waals surface area contributed by atoms with Crippen molar-refractivity contribution in [2.24, 2.45) is 16.8 Å². The van der Waals surface area contributed by atoms with E-state index in [0.717, 1.165) is 37.4 Å². The van der Waals surface area contributed by atoms with Gasteiger partial charge in [0.1, 0.15) is 0 Å². The molecule has 1 saturated carbocycles. The number of guanidine groups is 1. The van der Waals surface area contributed by atoms with Crippen LogP contribution in [0.2, 0.25) is 0 Å². The molecule has 2 atom stereocenters. The van der Waals surface area contributed by atoms with Gasteiger partial charge < -0.3 is 10.2 Å². The molecule has 0 bridgehead atoms. The Morgan fingerprint density at radius 1 is 1.29 bits per heavy atom. The summed E-state index contributed by atoms with van der Waals surface area (Å²) >= 11 is 0. The quantitative estimate of drug-likeness (QED) is 0.398. The summed E-state index contributed by atoms with van der Waals surface area (Å²) in [7, 11) is 0. The van der Waals surface area contributed by atoms with Crippen LogP contribution in [0.5, 0.6) is 0 Å². The molecule has 0 amide bonds. The van der Waals surface area contributed by atoms with Crippen LogP contribution in [0.3, 0.4) is 0 Å². The van der Waals surface area contributed by atoms with Crippen LogP contribution < -0.4 is 5.32 Å². The van der Waals surface area contributed by atoms with E-state index >= 15 is 0 Å². The zero-order valence-electron chi connectivity index (χ0n) is 14.3. The van der Waals surface area contributed by atoms with Gasteiger partial charge in [0.25, 0.3) is 5.69 Å². The lowest BCUT2D eigenvalue weighted by Crippen LogP contribution is -2.40. The fourth-order valence-corrected chi connectivity index (χ4v) is 3.99. The lowest BCUT2D eigenvalue weighted by Gasteiger charge is -2.22. The Morgan fingerprint density at radius 3 is 2.58 bits per heavy atom. The lowest BCUT2D eigenvalue weighted by atomic mass is 9.82. The number of nitrogens with zero attached hydrogens (tertiary/aromatic N) is 3. The minimum atomic E-state index is -0.331. The SMILES string of the molecule is CCNC(=NCc1ccccc1[N+](=O)[O-])N1CC2CCCCC2C1. The third kappa shape index (κ3) is 3.68. The van der Waals surface area contributed by atoms with Gasteiger partial charge in [0, 0.05) is 25.7 Å². The molecule has 1 aromatic rings. The summed E-state index contributed by atoms with van der Waals surface area (Å²) in [6.07, 6.45) is 5.34. The van der Waals surface area contributed by atoms with Crippen molar-refractivity contribution in [1.29, 1.82) is 0 Å². The molecule has 2 fully saturated rings. The van der Waals surface area contributed by atoms with Crippen LogP contribution in [0.4, 0.5) is 5.69 Å². The van der Waals surface area contributed by atoms with Crippen molar-refractivity contribution in [3.8, 4) is 0 Å². The Hall–Kier alpha value is -2.11. The maximum Gasteiger partial charge on any atom is 0.274 e. The van der Waals surface area contributed by atoms with Gasteiger partial charge in [-0.05, 0) is 31.6 Å². The average molecular weight is 330 g/mol. The number of para-hydroxylation sites is 1. The number of rotatable bonds is 4. The highest BCUT2D eigenvalue weighted by molar-refractivity contribution is 5.80. The van der Waals surface area contributed by atoms with Crippen LogP contribution in [0.15, 0.2) is 29.3 Å². The van der Waals surface area contributed by atoms with E-state index in [-0.39, 0.29) is 10.6 Å². The third-order valence-corrected chi connectivity index (χ3v) is 5.20. The molecule has 0 spiro atoms. The molecule has 1 aliphatic heterocycles. The fraction of sp³-hybridized carbons (Fsp3) is 0.611. The molecule has 0 radical (unpaired) electrons. The van der Waals surface area contributed by atoms with Crippen molar-refractivity contribution in [3.05, 3.63) is 39.9 Å². The van der Waals surface area contributed by atoms with Crippen LogP contribution in [0.25, 0.3) is 0 Å². The highest BCUT2D eigenvalue weighted by Crippen LogP contribution is 2.36. The van der Waals surface area contributed by atoms with Gasteiger partial charge >= 0.3 is 0 Å². The number of nitrogens with one attached hydrogen (secondary N) is 1. The molecule has 1 saturated heterocycles. The minimum Gasteiger partial charge on any atom is -0.357 e. The lowest BCUT2D eigenvalue weighted by molar-refractivity contribution is -0.385. The van der Waals surface area contributed by atoms with Gasteiger partial charge in [-0.2, -0.15) is 0 Å². The number of likely N-dealkylation sites (tertiary alicyclic amines) is 1. The second-order valence-corrected chi connectivity index (χ2v) is 6.77. The van der Waals surface area contributed by atoms with Crippen molar-refractivity contribution < 1.29 is 4.92 Å². The topological polar surface area (TPSA) is 70.8 Å². The first kappa shape index (κ1) is 16.7. The van der Waals surface area contributed by atoms with E-state index in [0.29, 0.717) is 12.1 Å². The molecule has 6 nitrogen and oxygen atoms in total. The monoisotopic (exact) mass is 330 g/mol. The van der Waals surface area contributed by atoms with E-state index in [1.165, 1.54) is 25.7 Å². The van der Waals surface area contributed by atoms with E-state index in [9.17, 15) is 10.1 Å². The van der Waals surface area contributed by atoms with Gasteiger partial charge in [-0.15, -0.1) is 0 Å². The van der Waals surface area contributed by atoms with E-state index in [1.807, 2.05) is 6.07 Å². The predicted molar refractivity (Wildman–Crippen MR) is 94.9 cm³/mol. The first-order valence-electron chi connectivity index (χ1n) is 8.94. The molecule has 130 valence electrons. The van der Waals surface area contributed by atoms with Crippen molar-refractivity contribution in [1.82, 2.24) is 10.2 Å². The summed E-state index contributed by atoms with van der Waals surface area (Å²) in [6, 6.07) is 6.86. The maximum atomic E-state index is 11.2. The molecular weight excluding hydrogens is 304 g/mol. The molecule has 0 aromatic heterocycles. The maximum absolute atomic E-state index is 11.2. The van der Waals surface area contributed by atoms with E-state index in [1.54, 1.807) is 18.2 Å². The number of nitro benzene ring substituents is 1. The number of hydrogen-bond acceptors (Lipinski definition) is 3. The standard InChI is InChI=1S/C18H26N4O2/c1-2-19-18(21-12-15-8-3-4-9-16(15)13-21)20-11-14-7-5-6-10-17(14)22(23)24/h5-7,10,15-16H,2-4,8-9,11-13H2,1H3,(H,19,20).